The van der Waals surface area contributed by atoms with Crippen molar-refractivity contribution in [3.05, 3.63) is 29.6 Å². The molecular weight excluding hydrogens is 268 g/mol. The molecule has 2 rings (SSSR count). The number of hydrogen-bond acceptors (Lipinski definition) is 3. The molecule has 114 valence electrons. The van der Waals surface area contributed by atoms with E-state index in [0.29, 0.717) is 6.42 Å². The Morgan fingerprint density at radius 3 is 2.81 bits per heavy atom. The third-order valence-electron chi connectivity index (χ3n) is 4.13. The number of carbonyl (C=O) groups is 2. The van der Waals surface area contributed by atoms with Gasteiger partial charge in [-0.2, -0.15) is 0 Å². The van der Waals surface area contributed by atoms with Gasteiger partial charge in [-0.05, 0) is 31.4 Å². The molecule has 2 atom stereocenters. The summed E-state index contributed by atoms with van der Waals surface area (Å²) in [6, 6.07) is 3.49. The summed E-state index contributed by atoms with van der Waals surface area (Å²) in [5.74, 6) is -1.42. The van der Waals surface area contributed by atoms with Crippen molar-refractivity contribution in [1.29, 1.82) is 0 Å². The maximum absolute atomic E-state index is 12.2. The number of nitrogens with zero attached hydrogens (tertiary/aromatic N) is 1. The van der Waals surface area contributed by atoms with Crippen molar-refractivity contribution in [2.75, 3.05) is 0 Å². The van der Waals surface area contributed by atoms with Crippen LogP contribution in [0.25, 0.3) is 0 Å². The third-order valence-corrected chi connectivity index (χ3v) is 4.13. The van der Waals surface area contributed by atoms with Gasteiger partial charge in [-0.25, -0.2) is 0 Å². The maximum atomic E-state index is 12.2. The Kier molecular flexibility index (Phi) is 5.31. The maximum Gasteiger partial charge on any atom is 0.308 e. The molecule has 1 aromatic heterocycles. The minimum absolute atomic E-state index is 0.144. The van der Waals surface area contributed by atoms with Crippen LogP contribution in [-0.2, 0) is 16.0 Å². The lowest BCUT2D eigenvalue weighted by Gasteiger charge is -2.23. The number of rotatable bonds is 4. The van der Waals surface area contributed by atoms with Gasteiger partial charge in [0.1, 0.15) is 0 Å². The molecule has 2 unspecified atom stereocenters. The standard InChI is InChI=1S/C16H22N2O3/c1-11-6-5-9-17-14(11)10-15(19)18-13-8-4-2-3-7-12(13)16(20)21/h5-6,9,12-13H,2-4,7-8,10H2,1H3,(H,18,19)(H,20,21). The van der Waals surface area contributed by atoms with Crippen LogP contribution in [0.15, 0.2) is 18.3 Å². The van der Waals surface area contributed by atoms with Crippen molar-refractivity contribution in [1.82, 2.24) is 10.3 Å². The van der Waals surface area contributed by atoms with Gasteiger partial charge < -0.3 is 10.4 Å². The molecule has 5 nitrogen and oxygen atoms in total. The molecule has 0 aliphatic heterocycles. The molecule has 1 aromatic rings. The minimum atomic E-state index is -0.809. The Labute approximate surface area is 124 Å². The van der Waals surface area contributed by atoms with Gasteiger partial charge in [-0.15, -0.1) is 0 Å². The number of carboxylic acid groups (broad SMARTS) is 1. The number of carboxylic acids is 1. The molecule has 0 bridgehead atoms. The van der Waals surface area contributed by atoms with Gasteiger partial charge in [-0.1, -0.05) is 25.3 Å². The Hall–Kier alpha value is -1.91. The molecular formula is C16H22N2O3. The number of nitrogens with one attached hydrogen (secondary N) is 1. The molecule has 1 fully saturated rings. The fourth-order valence-electron chi connectivity index (χ4n) is 2.89. The van der Waals surface area contributed by atoms with Gasteiger partial charge in [-0.3, -0.25) is 14.6 Å². The highest BCUT2D eigenvalue weighted by molar-refractivity contribution is 5.80. The average Bonchev–Trinajstić information content (AvgIpc) is 2.67. The molecule has 0 saturated heterocycles. The molecule has 0 aromatic carbocycles. The summed E-state index contributed by atoms with van der Waals surface area (Å²) in [4.78, 5) is 27.7. The molecule has 2 N–H and O–H groups in total. The second-order valence-electron chi connectivity index (χ2n) is 5.70. The molecule has 1 aliphatic carbocycles. The van der Waals surface area contributed by atoms with E-state index in [1.54, 1.807) is 6.20 Å². The van der Waals surface area contributed by atoms with Crippen LogP contribution in [0.5, 0.6) is 0 Å². The molecule has 21 heavy (non-hydrogen) atoms. The largest absolute Gasteiger partial charge is 0.481 e. The van der Waals surface area contributed by atoms with Crippen LogP contribution < -0.4 is 5.32 Å². The smallest absolute Gasteiger partial charge is 0.308 e. The SMILES string of the molecule is Cc1cccnc1CC(=O)NC1CCCCCC1C(=O)O. The van der Waals surface area contributed by atoms with Crippen LogP contribution >= 0.6 is 0 Å². The highest BCUT2D eigenvalue weighted by Crippen LogP contribution is 2.24. The second kappa shape index (κ2) is 7.20. The monoisotopic (exact) mass is 290 g/mol. The van der Waals surface area contributed by atoms with Crippen LogP contribution in [0.2, 0.25) is 0 Å². The number of aryl methyl sites for hydroxylation is 1. The van der Waals surface area contributed by atoms with Crippen LogP contribution in [0.1, 0.15) is 43.4 Å². The first-order chi connectivity index (χ1) is 10.1. The van der Waals surface area contributed by atoms with Crippen molar-refractivity contribution in [2.24, 2.45) is 5.92 Å². The van der Waals surface area contributed by atoms with E-state index >= 15 is 0 Å². The Bertz CT molecular complexity index is 516. The molecule has 1 aliphatic rings. The third kappa shape index (κ3) is 4.28. The van der Waals surface area contributed by atoms with E-state index in [4.69, 9.17) is 0 Å². The van der Waals surface area contributed by atoms with Crippen LogP contribution in [0.3, 0.4) is 0 Å². The van der Waals surface area contributed by atoms with E-state index in [2.05, 4.69) is 10.3 Å². The average molecular weight is 290 g/mol. The van der Waals surface area contributed by atoms with Gasteiger partial charge in [0.25, 0.3) is 0 Å². The van der Waals surface area contributed by atoms with Gasteiger partial charge in [0, 0.05) is 12.2 Å². The lowest BCUT2D eigenvalue weighted by atomic mass is 9.94. The quantitative estimate of drug-likeness (QED) is 0.832. The van der Waals surface area contributed by atoms with Gasteiger partial charge in [0.05, 0.1) is 18.0 Å². The summed E-state index contributed by atoms with van der Waals surface area (Å²) < 4.78 is 0. The normalized spacial score (nSPS) is 22.3. The molecule has 1 saturated carbocycles. The lowest BCUT2D eigenvalue weighted by molar-refractivity contribution is -0.143. The predicted molar refractivity (Wildman–Crippen MR) is 78.8 cm³/mol. The fraction of sp³-hybridized carbons (Fsp3) is 0.562. The van der Waals surface area contributed by atoms with E-state index < -0.39 is 11.9 Å². The summed E-state index contributed by atoms with van der Waals surface area (Å²) in [6.45, 7) is 1.92. The molecule has 5 heteroatoms. The molecule has 1 heterocycles. The van der Waals surface area contributed by atoms with Crippen molar-refractivity contribution in [2.45, 2.75) is 51.5 Å². The Morgan fingerprint density at radius 1 is 1.33 bits per heavy atom. The molecule has 0 spiro atoms. The number of carbonyl (C=O) groups excluding carboxylic acids is 1. The summed E-state index contributed by atoms with van der Waals surface area (Å²) in [5.41, 5.74) is 1.72. The van der Waals surface area contributed by atoms with Crippen LogP contribution in [0, 0.1) is 12.8 Å². The topological polar surface area (TPSA) is 79.3 Å². The Balaban J connectivity index is 2.00. The first kappa shape index (κ1) is 15.5. The Morgan fingerprint density at radius 2 is 2.10 bits per heavy atom. The zero-order valence-corrected chi connectivity index (χ0v) is 12.3. The van der Waals surface area contributed by atoms with E-state index in [0.717, 1.165) is 36.9 Å². The predicted octanol–water partition coefficient (Wildman–Crippen LogP) is 2.08. The highest BCUT2D eigenvalue weighted by atomic mass is 16.4. The zero-order valence-electron chi connectivity index (χ0n) is 12.3. The lowest BCUT2D eigenvalue weighted by Crippen LogP contribution is -2.43. The van der Waals surface area contributed by atoms with Crippen LogP contribution in [0.4, 0.5) is 0 Å². The second-order valence-corrected chi connectivity index (χ2v) is 5.70. The summed E-state index contributed by atoms with van der Waals surface area (Å²) in [7, 11) is 0. The zero-order chi connectivity index (χ0) is 15.2. The highest BCUT2D eigenvalue weighted by Gasteiger charge is 2.30. The van der Waals surface area contributed by atoms with Crippen molar-refractivity contribution < 1.29 is 14.7 Å². The first-order valence-electron chi connectivity index (χ1n) is 7.50. The van der Waals surface area contributed by atoms with Crippen molar-refractivity contribution >= 4 is 11.9 Å². The summed E-state index contributed by atoms with van der Waals surface area (Å²) in [5, 5.41) is 12.2. The van der Waals surface area contributed by atoms with Crippen molar-refractivity contribution in [3.8, 4) is 0 Å². The molecule has 1 amide bonds. The first-order valence-corrected chi connectivity index (χ1v) is 7.50. The minimum Gasteiger partial charge on any atom is -0.481 e. The summed E-state index contributed by atoms with van der Waals surface area (Å²) >= 11 is 0. The van der Waals surface area contributed by atoms with Gasteiger partial charge in [0.15, 0.2) is 0 Å². The number of aromatic nitrogens is 1. The van der Waals surface area contributed by atoms with Gasteiger partial charge >= 0.3 is 5.97 Å². The molecule has 0 radical (unpaired) electrons. The number of pyridine rings is 1. The van der Waals surface area contributed by atoms with Crippen molar-refractivity contribution in [3.63, 3.8) is 0 Å². The van der Waals surface area contributed by atoms with E-state index in [9.17, 15) is 14.7 Å². The number of aliphatic carboxylic acids is 1. The van der Waals surface area contributed by atoms with E-state index in [-0.39, 0.29) is 18.4 Å². The van der Waals surface area contributed by atoms with Gasteiger partial charge in [0.2, 0.25) is 5.91 Å². The van der Waals surface area contributed by atoms with E-state index in [1.165, 1.54) is 0 Å². The van der Waals surface area contributed by atoms with E-state index in [1.807, 2.05) is 19.1 Å². The fourth-order valence-corrected chi connectivity index (χ4v) is 2.89. The number of hydrogen-bond donors (Lipinski definition) is 2. The van der Waals surface area contributed by atoms with Crippen LogP contribution in [-0.4, -0.2) is 28.0 Å². The summed E-state index contributed by atoms with van der Waals surface area (Å²) in [6.07, 6.45) is 6.18. The number of amides is 1.